The molecule has 2 heterocycles. The molecule has 1 saturated carbocycles. The standard InChI is InChI=1S/C18H28N2O2/c1-21-9-6-19-13-16-12-18(16,14-19)15-2-4-17(5-3-15)20-7-10-22-11-8-20/h2-4,16-17H,5-14H2,1H3/t16-,17?,18+/m0/s1. The van der Waals surface area contributed by atoms with Crippen molar-refractivity contribution in [3.63, 3.8) is 0 Å². The van der Waals surface area contributed by atoms with Crippen LogP contribution < -0.4 is 0 Å². The zero-order chi connectivity index (χ0) is 15.0. The van der Waals surface area contributed by atoms with E-state index in [1.807, 2.05) is 0 Å². The number of allylic oxidation sites excluding steroid dienone is 1. The van der Waals surface area contributed by atoms with Crippen molar-refractivity contribution in [1.29, 1.82) is 0 Å². The first kappa shape index (κ1) is 14.9. The number of nitrogens with zero attached hydrogens (tertiary/aromatic N) is 2. The minimum Gasteiger partial charge on any atom is -0.383 e. The average molecular weight is 304 g/mol. The van der Waals surface area contributed by atoms with Gasteiger partial charge >= 0.3 is 0 Å². The van der Waals surface area contributed by atoms with Gasteiger partial charge < -0.3 is 9.47 Å². The summed E-state index contributed by atoms with van der Waals surface area (Å²) in [6, 6.07) is 0.590. The van der Waals surface area contributed by atoms with Crippen molar-refractivity contribution >= 4 is 0 Å². The molecule has 4 nitrogen and oxygen atoms in total. The van der Waals surface area contributed by atoms with Gasteiger partial charge in [0.15, 0.2) is 0 Å². The molecule has 3 fully saturated rings. The van der Waals surface area contributed by atoms with Crippen LogP contribution in [0.2, 0.25) is 0 Å². The second-order valence-corrected chi connectivity index (χ2v) is 7.26. The molecular weight excluding hydrogens is 276 g/mol. The van der Waals surface area contributed by atoms with Crippen LogP contribution in [0.25, 0.3) is 0 Å². The summed E-state index contributed by atoms with van der Waals surface area (Å²) in [6.07, 6.45) is 9.99. The second kappa shape index (κ2) is 6.08. The van der Waals surface area contributed by atoms with Crippen LogP contribution >= 0.6 is 0 Å². The van der Waals surface area contributed by atoms with E-state index >= 15 is 0 Å². The highest BCUT2D eigenvalue weighted by molar-refractivity contribution is 5.40. The molecule has 0 aromatic heterocycles. The van der Waals surface area contributed by atoms with Gasteiger partial charge in [-0.05, 0) is 24.3 Å². The highest BCUT2D eigenvalue weighted by Gasteiger charge is 2.60. The molecule has 3 atom stereocenters. The first-order valence-electron chi connectivity index (χ1n) is 8.74. The monoisotopic (exact) mass is 304 g/mol. The van der Waals surface area contributed by atoms with E-state index in [0.29, 0.717) is 11.5 Å². The van der Waals surface area contributed by atoms with Crippen molar-refractivity contribution in [2.45, 2.75) is 18.9 Å². The summed E-state index contributed by atoms with van der Waals surface area (Å²) in [5.74, 6) is 0.889. The quantitative estimate of drug-likeness (QED) is 0.769. The summed E-state index contributed by atoms with van der Waals surface area (Å²) in [5, 5.41) is 0. The largest absolute Gasteiger partial charge is 0.383 e. The number of methoxy groups -OCH3 is 1. The Hall–Kier alpha value is -0.680. The Morgan fingerprint density at radius 1 is 1.36 bits per heavy atom. The van der Waals surface area contributed by atoms with Gasteiger partial charge in [-0.25, -0.2) is 0 Å². The normalized spacial score (nSPS) is 38.9. The maximum absolute atomic E-state index is 5.46. The van der Waals surface area contributed by atoms with E-state index in [9.17, 15) is 0 Å². The zero-order valence-electron chi connectivity index (χ0n) is 13.7. The summed E-state index contributed by atoms with van der Waals surface area (Å²) < 4.78 is 10.7. The zero-order valence-corrected chi connectivity index (χ0v) is 13.7. The minimum atomic E-state index is 0.486. The van der Waals surface area contributed by atoms with Crippen LogP contribution in [0.4, 0.5) is 0 Å². The third kappa shape index (κ3) is 2.67. The Bertz CT molecular complexity index is 470. The van der Waals surface area contributed by atoms with Gasteiger partial charge in [0.2, 0.25) is 0 Å². The molecule has 0 aromatic rings. The lowest BCUT2D eigenvalue weighted by atomic mass is 9.88. The van der Waals surface area contributed by atoms with Gasteiger partial charge in [0.1, 0.15) is 0 Å². The summed E-state index contributed by atoms with van der Waals surface area (Å²) >= 11 is 0. The molecule has 0 radical (unpaired) electrons. The number of piperidine rings is 1. The van der Waals surface area contributed by atoms with Crippen LogP contribution in [0, 0.1) is 11.3 Å². The molecule has 4 aliphatic rings. The van der Waals surface area contributed by atoms with Gasteiger partial charge in [-0.2, -0.15) is 0 Å². The number of ether oxygens (including phenoxy) is 2. The first-order valence-corrected chi connectivity index (χ1v) is 8.74. The Morgan fingerprint density at radius 2 is 2.23 bits per heavy atom. The highest BCUT2D eigenvalue weighted by atomic mass is 16.5. The predicted molar refractivity (Wildman–Crippen MR) is 86.9 cm³/mol. The lowest BCUT2D eigenvalue weighted by molar-refractivity contribution is 0.0258. The third-order valence-corrected chi connectivity index (χ3v) is 5.99. The average Bonchev–Trinajstić information content (AvgIpc) is 3.16. The maximum atomic E-state index is 5.46. The van der Waals surface area contributed by atoms with E-state index in [2.05, 4.69) is 28.0 Å². The molecule has 0 spiro atoms. The van der Waals surface area contributed by atoms with Gasteiger partial charge in [0, 0.05) is 51.3 Å². The van der Waals surface area contributed by atoms with Crippen molar-refractivity contribution in [3.05, 3.63) is 23.8 Å². The van der Waals surface area contributed by atoms with E-state index in [0.717, 1.165) is 45.4 Å². The molecule has 0 amide bonds. The van der Waals surface area contributed by atoms with Gasteiger partial charge in [0.05, 0.1) is 19.8 Å². The summed E-state index contributed by atoms with van der Waals surface area (Å²) in [5.41, 5.74) is 2.10. The van der Waals surface area contributed by atoms with Crippen LogP contribution in [-0.2, 0) is 9.47 Å². The van der Waals surface area contributed by atoms with Crippen molar-refractivity contribution in [1.82, 2.24) is 9.80 Å². The van der Waals surface area contributed by atoms with E-state index in [1.54, 1.807) is 12.7 Å². The lowest BCUT2D eigenvalue weighted by Crippen LogP contribution is -2.43. The fraction of sp³-hybridized carbons (Fsp3) is 0.778. The van der Waals surface area contributed by atoms with Crippen molar-refractivity contribution < 1.29 is 9.47 Å². The van der Waals surface area contributed by atoms with E-state index < -0.39 is 0 Å². The number of hydrogen-bond donors (Lipinski definition) is 0. The lowest BCUT2D eigenvalue weighted by Gasteiger charge is -2.34. The van der Waals surface area contributed by atoms with Gasteiger partial charge in [-0.3, -0.25) is 9.80 Å². The van der Waals surface area contributed by atoms with Gasteiger partial charge in [0.25, 0.3) is 0 Å². The first-order chi connectivity index (χ1) is 10.8. The van der Waals surface area contributed by atoms with Crippen LogP contribution in [0.1, 0.15) is 12.8 Å². The fourth-order valence-corrected chi connectivity index (χ4v) is 4.58. The van der Waals surface area contributed by atoms with E-state index in [-0.39, 0.29) is 0 Å². The summed E-state index contributed by atoms with van der Waals surface area (Å²) in [4.78, 5) is 5.15. The maximum Gasteiger partial charge on any atom is 0.0594 e. The smallest absolute Gasteiger partial charge is 0.0594 e. The number of likely N-dealkylation sites (tertiary alicyclic amines) is 1. The SMILES string of the molecule is COCCN1C[C@@H]2C[C@]2(C2=CCC(N3CCOCC3)C=C2)C1. The number of rotatable bonds is 5. The molecule has 22 heavy (non-hydrogen) atoms. The molecule has 0 aromatic carbocycles. The van der Waals surface area contributed by atoms with Crippen molar-refractivity contribution in [3.8, 4) is 0 Å². The van der Waals surface area contributed by atoms with E-state index in [4.69, 9.17) is 9.47 Å². The summed E-state index contributed by atoms with van der Waals surface area (Å²) in [6.45, 7) is 8.38. The molecule has 2 aliphatic carbocycles. The van der Waals surface area contributed by atoms with Crippen LogP contribution in [-0.4, -0.2) is 75.5 Å². The van der Waals surface area contributed by atoms with Crippen LogP contribution in [0.5, 0.6) is 0 Å². The Labute approximate surface area is 133 Å². The number of morpholine rings is 1. The van der Waals surface area contributed by atoms with Crippen LogP contribution in [0.3, 0.4) is 0 Å². The highest BCUT2D eigenvalue weighted by Crippen LogP contribution is 2.62. The topological polar surface area (TPSA) is 24.9 Å². The molecule has 1 unspecified atom stereocenters. The van der Waals surface area contributed by atoms with Gasteiger partial charge in [-0.15, -0.1) is 0 Å². The summed E-state index contributed by atoms with van der Waals surface area (Å²) in [7, 11) is 1.80. The molecule has 122 valence electrons. The molecule has 0 bridgehead atoms. The van der Waals surface area contributed by atoms with E-state index in [1.165, 1.54) is 25.9 Å². The Kier molecular flexibility index (Phi) is 4.11. The molecule has 4 heteroatoms. The third-order valence-electron chi connectivity index (χ3n) is 5.99. The fourth-order valence-electron chi connectivity index (χ4n) is 4.58. The minimum absolute atomic E-state index is 0.486. The van der Waals surface area contributed by atoms with Crippen LogP contribution in [0.15, 0.2) is 23.8 Å². The molecule has 4 rings (SSSR count). The Morgan fingerprint density at radius 3 is 2.95 bits per heavy atom. The van der Waals surface area contributed by atoms with Gasteiger partial charge in [-0.1, -0.05) is 18.2 Å². The number of fused-ring (bicyclic) bond motifs is 1. The second-order valence-electron chi connectivity index (χ2n) is 7.26. The molecular formula is C18H28N2O2. The van der Waals surface area contributed by atoms with Crippen molar-refractivity contribution in [2.75, 3.05) is 59.7 Å². The molecule has 0 N–H and O–H groups in total. The predicted octanol–water partition coefficient (Wildman–Crippen LogP) is 1.54. The molecule has 2 saturated heterocycles. The molecule has 2 aliphatic heterocycles. The number of hydrogen-bond acceptors (Lipinski definition) is 4. The Balaban J connectivity index is 1.35. The van der Waals surface area contributed by atoms with Crippen molar-refractivity contribution in [2.24, 2.45) is 11.3 Å².